The minimum absolute atomic E-state index is 0.112. The molecule has 0 saturated carbocycles. The summed E-state index contributed by atoms with van der Waals surface area (Å²) in [5, 5.41) is 0. The average Bonchev–Trinajstić information content (AvgIpc) is 2.28. The van der Waals surface area contributed by atoms with E-state index >= 15 is 0 Å². The van der Waals surface area contributed by atoms with Crippen LogP contribution in [0.25, 0.3) is 0 Å². The van der Waals surface area contributed by atoms with Crippen LogP contribution in [0, 0.1) is 0 Å². The van der Waals surface area contributed by atoms with E-state index in [2.05, 4.69) is 0 Å². The van der Waals surface area contributed by atoms with Crippen molar-refractivity contribution in [2.75, 3.05) is 24.5 Å². The Labute approximate surface area is 98.2 Å². The molecule has 1 aliphatic rings. The lowest BCUT2D eigenvalue weighted by Crippen LogP contribution is -2.38. The predicted molar refractivity (Wildman–Crippen MR) is 61.1 cm³/mol. The number of fused-ring (bicyclic) bond motifs is 1. The summed E-state index contributed by atoms with van der Waals surface area (Å²) in [6, 6.07) is 6.73. The van der Waals surface area contributed by atoms with Crippen molar-refractivity contribution in [1.82, 2.24) is 0 Å². The van der Waals surface area contributed by atoms with E-state index in [-0.39, 0.29) is 6.42 Å². The van der Waals surface area contributed by atoms with Crippen molar-refractivity contribution < 1.29 is 13.2 Å². The van der Waals surface area contributed by atoms with Gasteiger partial charge in [-0.15, -0.1) is 0 Å². The van der Waals surface area contributed by atoms with Crippen molar-refractivity contribution in [3.8, 4) is 0 Å². The molecule has 2 rings (SSSR count). The highest BCUT2D eigenvalue weighted by molar-refractivity contribution is 5.57. The minimum Gasteiger partial charge on any atom is -0.370 e. The Morgan fingerprint density at radius 1 is 1.29 bits per heavy atom. The second kappa shape index (κ2) is 4.56. The van der Waals surface area contributed by atoms with Crippen LogP contribution in [0.2, 0.25) is 0 Å². The van der Waals surface area contributed by atoms with Gasteiger partial charge in [0.05, 0.1) is 5.92 Å². The van der Waals surface area contributed by atoms with Crippen molar-refractivity contribution in [1.29, 1.82) is 0 Å². The third-order valence-corrected chi connectivity index (χ3v) is 3.13. The van der Waals surface area contributed by atoms with Crippen molar-refractivity contribution >= 4 is 5.69 Å². The van der Waals surface area contributed by atoms with Crippen molar-refractivity contribution in [2.24, 2.45) is 5.73 Å². The number of alkyl halides is 3. The predicted octanol–water partition coefficient (Wildman–Crippen LogP) is 2.50. The van der Waals surface area contributed by atoms with Gasteiger partial charge in [0.15, 0.2) is 0 Å². The zero-order valence-electron chi connectivity index (χ0n) is 9.37. The quantitative estimate of drug-likeness (QED) is 0.866. The first-order valence-electron chi connectivity index (χ1n) is 5.64. The molecule has 2 nitrogen and oxygen atoms in total. The second-order valence-corrected chi connectivity index (χ2v) is 4.22. The Kier molecular flexibility index (Phi) is 3.28. The average molecular weight is 244 g/mol. The lowest BCUT2D eigenvalue weighted by atomic mass is 9.89. The van der Waals surface area contributed by atoms with Gasteiger partial charge in [0.2, 0.25) is 0 Å². The number of benzene rings is 1. The van der Waals surface area contributed by atoms with Crippen LogP contribution in [0.5, 0.6) is 0 Å². The molecule has 0 spiro atoms. The molecule has 1 atom stereocenters. The van der Waals surface area contributed by atoms with Crippen LogP contribution in [0.1, 0.15) is 17.9 Å². The maximum absolute atomic E-state index is 12.9. The number of anilines is 1. The maximum Gasteiger partial charge on any atom is 0.395 e. The molecule has 17 heavy (non-hydrogen) atoms. The fraction of sp³-hybridized carbons (Fsp3) is 0.500. The molecule has 0 aromatic heterocycles. The number of hydrogen-bond acceptors (Lipinski definition) is 2. The molecule has 0 aliphatic carbocycles. The van der Waals surface area contributed by atoms with Gasteiger partial charge < -0.3 is 10.6 Å². The van der Waals surface area contributed by atoms with Gasteiger partial charge in [-0.25, -0.2) is 0 Å². The zero-order chi connectivity index (χ0) is 12.5. The zero-order valence-corrected chi connectivity index (χ0v) is 9.37. The van der Waals surface area contributed by atoms with Gasteiger partial charge in [-0.2, -0.15) is 13.2 Å². The number of para-hydroxylation sites is 1. The highest BCUT2D eigenvalue weighted by Gasteiger charge is 2.43. The monoisotopic (exact) mass is 244 g/mol. The fourth-order valence-electron chi connectivity index (χ4n) is 2.36. The van der Waals surface area contributed by atoms with Gasteiger partial charge in [-0.3, -0.25) is 0 Å². The minimum atomic E-state index is -4.16. The topological polar surface area (TPSA) is 29.3 Å². The van der Waals surface area contributed by atoms with E-state index in [0.717, 1.165) is 0 Å². The Morgan fingerprint density at radius 3 is 2.65 bits per heavy atom. The lowest BCUT2D eigenvalue weighted by molar-refractivity contribution is -0.152. The standard InChI is InChI=1S/C12H15F3N2/c13-12(14,15)10-5-7-17(8-6-16)11-4-2-1-3-9(10)11/h1-4,10H,5-8,16H2/t10-/m1/s1. The molecule has 0 bridgehead atoms. The molecule has 0 radical (unpaired) electrons. The molecule has 0 fully saturated rings. The van der Waals surface area contributed by atoms with Crippen LogP contribution < -0.4 is 10.6 Å². The molecular weight excluding hydrogens is 229 g/mol. The normalized spacial score (nSPS) is 20.2. The van der Waals surface area contributed by atoms with Crippen LogP contribution in [-0.4, -0.2) is 25.8 Å². The Balaban J connectivity index is 2.37. The van der Waals surface area contributed by atoms with Crippen LogP contribution in [-0.2, 0) is 0 Å². The third-order valence-electron chi connectivity index (χ3n) is 3.13. The summed E-state index contributed by atoms with van der Waals surface area (Å²) in [6.45, 7) is 1.46. The van der Waals surface area contributed by atoms with Crippen LogP contribution >= 0.6 is 0 Å². The molecular formula is C12H15F3N2. The number of hydrogen-bond donors (Lipinski definition) is 1. The number of halogens is 3. The maximum atomic E-state index is 12.9. The van der Waals surface area contributed by atoms with E-state index in [0.29, 0.717) is 30.9 Å². The van der Waals surface area contributed by atoms with E-state index in [1.54, 1.807) is 24.3 Å². The summed E-state index contributed by atoms with van der Waals surface area (Å²) in [5.74, 6) is -1.34. The Morgan fingerprint density at radius 2 is 2.00 bits per heavy atom. The Bertz CT molecular complexity index is 390. The molecule has 1 aliphatic heterocycles. The molecule has 94 valence electrons. The van der Waals surface area contributed by atoms with E-state index in [1.807, 2.05) is 4.90 Å². The van der Waals surface area contributed by atoms with Gasteiger partial charge >= 0.3 is 6.18 Å². The highest BCUT2D eigenvalue weighted by Crippen LogP contribution is 2.44. The molecule has 0 saturated heterocycles. The summed E-state index contributed by atoms with van der Waals surface area (Å²) < 4.78 is 38.7. The first-order chi connectivity index (χ1) is 8.04. The SMILES string of the molecule is NCCN1CC[C@@H](C(F)(F)F)c2ccccc21. The van der Waals surface area contributed by atoms with Crippen molar-refractivity contribution in [3.05, 3.63) is 29.8 Å². The van der Waals surface area contributed by atoms with Crippen LogP contribution in [0.15, 0.2) is 24.3 Å². The Hall–Kier alpha value is -1.23. The molecule has 0 unspecified atom stereocenters. The first kappa shape index (κ1) is 12.2. The number of rotatable bonds is 2. The van der Waals surface area contributed by atoms with Crippen LogP contribution in [0.4, 0.5) is 18.9 Å². The lowest BCUT2D eigenvalue weighted by Gasteiger charge is -2.36. The molecule has 1 aromatic rings. The smallest absolute Gasteiger partial charge is 0.370 e. The van der Waals surface area contributed by atoms with Gasteiger partial charge in [0.1, 0.15) is 0 Å². The van der Waals surface area contributed by atoms with Gasteiger partial charge in [0, 0.05) is 25.3 Å². The summed E-state index contributed by atoms with van der Waals surface area (Å²) >= 11 is 0. The van der Waals surface area contributed by atoms with Gasteiger partial charge in [-0.05, 0) is 18.1 Å². The summed E-state index contributed by atoms with van der Waals surface area (Å²) in [5.41, 5.74) is 6.52. The fourth-order valence-corrected chi connectivity index (χ4v) is 2.36. The van der Waals surface area contributed by atoms with E-state index in [9.17, 15) is 13.2 Å². The summed E-state index contributed by atoms with van der Waals surface area (Å²) in [6.07, 6.45) is -4.05. The second-order valence-electron chi connectivity index (χ2n) is 4.22. The van der Waals surface area contributed by atoms with E-state index in [1.165, 1.54) is 0 Å². The van der Waals surface area contributed by atoms with E-state index < -0.39 is 12.1 Å². The first-order valence-corrected chi connectivity index (χ1v) is 5.64. The summed E-state index contributed by atoms with van der Waals surface area (Å²) in [7, 11) is 0. The van der Waals surface area contributed by atoms with Gasteiger partial charge in [0.25, 0.3) is 0 Å². The third kappa shape index (κ3) is 2.39. The molecule has 5 heteroatoms. The van der Waals surface area contributed by atoms with Crippen molar-refractivity contribution in [2.45, 2.75) is 18.5 Å². The van der Waals surface area contributed by atoms with Crippen molar-refractivity contribution in [3.63, 3.8) is 0 Å². The molecule has 2 N–H and O–H groups in total. The highest BCUT2D eigenvalue weighted by atomic mass is 19.4. The molecule has 1 aromatic carbocycles. The van der Waals surface area contributed by atoms with E-state index in [4.69, 9.17) is 5.73 Å². The molecule has 0 amide bonds. The van der Waals surface area contributed by atoms with Crippen LogP contribution in [0.3, 0.4) is 0 Å². The number of nitrogens with zero attached hydrogens (tertiary/aromatic N) is 1. The number of nitrogens with two attached hydrogens (primary N) is 1. The molecule has 1 heterocycles. The summed E-state index contributed by atoms with van der Waals surface area (Å²) in [4.78, 5) is 1.93. The van der Waals surface area contributed by atoms with Gasteiger partial charge in [-0.1, -0.05) is 18.2 Å². The largest absolute Gasteiger partial charge is 0.395 e.